The fourth-order valence-corrected chi connectivity index (χ4v) is 3.26. The summed E-state index contributed by atoms with van der Waals surface area (Å²) < 4.78 is 58.0. The summed E-state index contributed by atoms with van der Waals surface area (Å²) in [6, 6.07) is 0. The minimum atomic E-state index is -1.22. The molecule has 0 N–H and O–H groups in total. The van der Waals surface area contributed by atoms with Crippen LogP contribution in [0.3, 0.4) is 0 Å². The van der Waals surface area contributed by atoms with E-state index in [1.807, 2.05) is 6.92 Å². The van der Waals surface area contributed by atoms with E-state index < -0.39 is 45.7 Å². The lowest BCUT2D eigenvalue weighted by atomic mass is 9.75. The van der Waals surface area contributed by atoms with Crippen LogP contribution in [-0.2, 0) is 5.41 Å². The molecule has 0 nitrogen and oxygen atoms in total. The van der Waals surface area contributed by atoms with Gasteiger partial charge >= 0.3 is 0 Å². The van der Waals surface area contributed by atoms with Crippen LogP contribution in [0.2, 0.25) is 0 Å². The van der Waals surface area contributed by atoms with Gasteiger partial charge in [-0.2, -0.15) is 0 Å². The van der Waals surface area contributed by atoms with Crippen LogP contribution in [0, 0.1) is 23.3 Å². The molecule has 1 rings (SSSR count). The van der Waals surface area contributed by atoms with Crippen molar-refractivity contribution in [3.05, 3.63) is 34.4 Å². The van der Waals surface area contributed by atoms with Crippen molar-refractivity contribution >= 4 is 0 Å². The summed E-state index contributed by atoms with van der Waals surface area (Å²) in [4.78, 5) is 0. The third-order valence-corrected chi connectivity index (χ3v) is 4.88. The van der Waals surface area contributed by atoms with Gasteiger partial charge in [-0.25, -0.2) is 17.6 Å². The Kier molecular flexibility index (Phi) is 6.45. The second kappa shape index (κ2) is 7.47. The Morgan fingerprint density at radius 1 is 0.818 bits per heavy atom. The highest BCUT2D eigenvalue weighted by Crippen LogP contribution is 2.41. The van der Waals surface area contributed by atoms with Crippen LogP contribution in [0.15, 0.2) is 0 Å². The Hall–Kier alpha value is -1.06. The minimum absolute atomic E-state index is 0.415. The molecule has 0 saturated heterocycles. The lowest BCUT2D eigenvalue weighted by Gasteiger charge is -2.30. The molecule has 0 bridgehead atoms. The second-order valence-corrected chi connectivity index (χ2v) is 6.22. The molecule has 0 heterocycles. The number of benzene rings is 1. The third-order valence-electron chi connectivity index (χ3n) is 4.88. The highest BCUT2D eigenvalue weighted by atomic mass is 19.2. The predicted octanol–water partition coefficient (Wildman–Crippen LogP) is 6.61. The standard InChI is InChI=1S/C18H26F4/c1-6-10-18(5,9-4)13-16(21)14(19)12(11(7-2)8-3)15(20)17(13)22/h11H,6-10H2,1-5H3. The van der Waals surface area contributed by atoms with Gasteiger partial charge in [0.2, 0.25) is 0 Å². The van der Waals surface area contributed by atoms with E-state index in [1.165, 1.54) is 0 Å². The molecule has 0 aliphatic heterocycles. The Bertz CT molecular complexity index is 491. The zero-order valence-corrected chi connectivity index (χ0v) is 14.1. The van der Waals surface area contributed by atoms with Crippen LogP contribution >= 0.6 is 0 Å². The zero-order valence-electron chi connectivity index (χ0n) is 14.1. The van der Waals surface area contributed by atoms with Gasteiger partial charge in [0.25, 0.3) is 0 Å². The number of halogens is 4. The number of hydrogen-bond acceptors (Lipinski definition) is 0. The molecule has 0 aliphatic rings. The molecule has 1 aromatic carbocycles. The first-order valence-corrected chi connectivity index (χ1v) is 8.15. The summed E-state index contributed by atoms with van der Waals surface area (Å²) in [5.74, 6) is -5.41. The molecule has 1 unspecified atom stereocenters. The van der Waals surface area contributed by atoms with Crippen molar-refractivity contribution in [2.45, 2.75) is 78.1 Å². The smallest absolute Gasteiger partial charge is 0.166 e. The van der Waals surface area contributed by atoms with E-state index in [-0.39, 0.29) is 0 Å². The molecule has 0 fully saturated rings. The molecular weight excluding hydrogens is 292 g/mol. The van der Waals surface area contributed by atoms with E-state index in [2.05, 4.69) is 0 Å². The monoisotopic (exact) mass is 318 g/mol. The molecule has 0 aromatic heterocycles. The fraction of sp³-hybridized carbons (Fsp3) is 0.667. The molecule has 4 heteroatoms. The quantitative estimate of drug-likeness (QED) is 0.392. The van der Waals surface area contributed by atoms with E-state index in [4.69, 9.17) is 0 Å². The molecule has 126 valence electrons. The highest BCUT2D eigenvalue weighted by Gasteiger charge is 2.37. The van der Waals surface area contributed by atoms with Gasteiger partial charge < -0.3 is 0 Å². The van der Waals surface area contributed by atoms with Gasteiger partial charge in [0, 0.05) is 11.1 Å². The Morgan fingerprint density at radius 3 is 1.59 bits per heavy atom. The van der Waals surface area contributed by atoms with Crippen LogP contribution < -0.4 is 0 Å². The number of rotatable bonds is 7. The molecule has 1 atom stereocenters. The van der Waals surface area contributed by atoms with Crippen molar-refractivity contribution in [3.63, 3.8) is 0 Å². The Morgan fingerprint density at radius 2 is 1.27 bits per heavy atom. The lowest BCUT2D eigenvalue weighted by Crippen LogP contribution is -2.27. The molecule has 0 saturated carbocycles. The molecular formula is C18H26F4. The molecule has 0 aliphatic carbocycles. The molecule has 0 spiro atoms. The van der Waals surface area contributed by atoms with Gasteiger partial charge in [0.05, 0.1) is 0 Å². The van der Waals surface area contributed by atoms with Crippen molar-refractivity contribution in [1.29, 1.82) is 0 Å². The van der Waals surface area contributed by atoms with Gasteiger partial charge in [0.1, 0.15) is 0 Å². The Labute approximate surface area is 130 Å². The van der Waals surface area contributed by atoms with Crippen molar-refractivity contribution in [2.75, 3.05) is 0 Å². The van der Waals surface area contributed by atoms with Gasteiger partial charge in [-0.15, -0.1) is 0 Å². The van der Waals surface area contributed by atoms with Crippen LogP contribution in [-0.4, -0.2) is 0 Å². The SMILES string of the molecule is CCCC(C)(CC)c1c(F)c(F)c(C(CC)CC)c(F)c1F. The second-order valence-electron chi connectivity index (χ2n) is 6.22. The summed E-state index contributed by atoms with van der Waals surface area (Å²) in [5.41, 5.74) is -1.79. The summed E-state index contributed by atoms with van der Waals surface area (Å²) >= 11 is 0. The summed E-state index contributed by atoms with van der Waals surface area (Å²) in [6.45, 7) is 8.83. The van der Waals surface area contributed by atoms with E-state index in [1.54, 1.807) is 27.7 Å². The van der Waals surface area contributed by atoms with Gasteiger partial charge in [-0.1, -0.05) is 41.0 Å². The summed E-state index contributed by atoms with van der Waals surface area (Å²) in [7, 11) is 0. The van der Waals surface area contributed by atoms with Gasteiger partial charge in [0.15, 0.2) is 23.3 Å². The van der Waals surface area contributed by atoms with Crippen molar-refractivity contribution in [2.24, 2.45) is 0 Å². The van der Waals surface area contributed by atoms with Gasteiger partial charge in [-0.05, 0) is 37.0 Å². The Balaban J connectivity index is 3.66. The van der Waals surface area contributed by atoms with Crippen molar-refractivity contribution in [3.8, 4) is 0 Å². The van der Waals surface area contributed by atoms with E-state index in [9.17, 15) is 17.6 Å². The lowest BCUT2D eigenvalue weighted by molar-refractivity contribution is 0.339. The largest absolute Gasteiger partial charge is 0.203 e. The molecule has 22 heavy (non-hydrogen) atoms. The molecule has 0 amide bonds. The number of hydrogen-bond donors (Lipinski definition) is 0. The van der Waals surface area contributed by atoms with E-state index in [0.29, 0.717) is 32.1 Å². The fourth-order valence-electron chi connectivity index (χ4n) is 3.26. The van der Waals surface area contributed by atoms with E-state index in [0.717, 1.165) is 0 Å². The average molecular weight is 318 g/mol. The maximum absolute atomic E-state index is 14.6. The normalized spacial score (nSPS) is 14.5. The van der Waals surface area contributed by atoms with E-state index >= 15 is 0 Å². The molecule has 1 aromatic rings. The zero-order chi connectivity index (χ0) is 17.1. The topological polar surface area (TPSA) is 0 Å². The minimum Gasteiger partial charge on any atom is -0.203 e. The van der Waals surface area contributed by atoms with Crippen LogP contribution in [0.5, 0.6) is 0 Å². The summed E-state index contributed by atoms with van der Waals surface area (Å²) in [6.07, 6.45) is 2.43. The average Bonchev–Trinajstić information content (AvgIpc) is 2.50. The molecule has 0 radical (unpaired) electrons. The third kappa shape index (κ3) is 3.16. The van der Waals surface area contributed by atoms with Crippen molar-refractivity contribution in [1.82, 2.24) is 0 Å². The first-order chi connectivity index (χ1) is 10.3. The first-order valence-electron chi connectivity index (χ1n) is 8.15. The highest BCUT2D eigenvalue weighted by molar-refractivity contribution is 5.36. The van der Waals surface area contributed by atoms with Crippen LogP contribution in [0.25, 0.3) is 0 Å². The maximum atomic E-state index is 14.6. The van der Waals surface area contributed by atoms with Crippen LogP contribution in [0.1, 0.15) is 83.8 Å². The maximum Gasteiger partial charge on any atom is 0.166 e. The van der Waals surface area contributed by atoms with Crippen LogP contribution in [0.4, 0.5) is 17.6 Å². The van der Waals surface area contributed by atoms with Crippen molar-refractivity contribution < 1.29 is 17.6 Å². The first kappa shape index (κ1) is 19.0. The predicted molar refractivity (Wildman–Crippen MR) is 82.1 cm³/mol. The summed E-state index contributed by atoms with van der Waals surface area (Å²) in [5, 5.41) is 0. The van der Waals surface area contributed by atoms with Gasteiger partial charge in [-0.3, -0.25) is 0 Å².